The first-order valence-corrected chi connectivity index (χ1v) is 10.1. The summed E-state index contributed by atoms with van der Waals surface area (Å²) in [6.45, 7) is 1.43. The van der Waals surface area contributed by atoms with Crippen LogP contribution in [0.1, 0.15) is 24.1 Å². The first kappa shape index (κ1) is 20.1. The van der Waals surface area contributed by atoms with Crippen molar-refractivity contribution < 1.29 is 19.4 Å². The Hall–Kier alpha value is -3.19. The number of benzene rings is 1. The molecule has 1 N–H and O–H groups in total. The second-order valence-corrected chi connectivity index (χ2v) is 7.61. The molecule has 2 aliphatic rings. The fourth-order valence-electron chi connectivity index (χ4n) is 4.09. The number of imide groups is 1. The van der Waals surface area contributed by atoms with E-state index in [1.54, 1.807) is 49.7 Å². The molecule has 2 amide bonds. The van der Waals surface area contributed by atoms with Crippen molar-refractivity contribution in [3.8, 4) is 5.75 Å². The number of nitrogens with zero attached hydrogens (tertiary/aromatic N) is 3. The van der Waals surface area contributed by atoms with Crippen LogP contribution in [-0.4, -0.2) is 58.5 Å². The zero-order chi connectivity index (χ0) is 21.1. The molecule has 7 heteroatoms. The maximum Gasteiger partial charge on any atom is 0.278 e. The molecule has 1 aromatic carbocycles. The SMILES string of the molecule is COc1ccc(C2=C(N3CCCC(CO)C3)C(=O)N(Cc3ccccn3)C2=O)cc1. The molecule has 0 radical (unpaired) electrons. The Kier molecular flexibility index (Phi) is 5.81. The Bertz CT molecular complexity index is 956. The van der Waals surface area contributed by atoms with E-state index < -0.39 is 0 Å². The number of hydrogen-bond donors (Lipinski definition) is 1. The van der Waals surface area contributed by atoms with Gasteiger partial charge in [0.05, 0.1) is 24.9 Å². The van der Waals surface area contributed by atoms with Crippen molar-refractivity contribution in [2.45, 2.75) is 19.4 Å². The molecule has 2 aliphatic heterocycles. The van der Waals surface area contributed by atoms with Crippen LogP contribution in [0.15, 0.2) is 54.4 Å². The van der Waals surface area contributed by atoms with Crippen molar-refractivity contribution in [2.24, 2.45) is 5.92 Å². The van der Waals surface area contributed by atoms with Gasteiger partial charge in [-0.3, -0.25) is 19.5 Å². The lowest BCUT2D eigenvalue weighted by atomic mass is 9.97. The number of ether oxygens (including phenoxy) is 1. The summed E-state index contributed by atoms with van der Waals surface area (Å²) >= 11 is 0. The summed E-state index contributed by atoms with van der Waals surface area (Å²) in [5, 5.41) is 9.63. The average molecular weight is 407 g/mol. The molecule has 156 valence electrons. The van der Waals surface area contributed by atoms with E-state index in [1.807, 2.05) is 11.0 Å². The predicted molar refractivity (Wildman–Crippen MR) is 111 cm³/mol. The van der Waals surface area contributed by atoms with Gasteiger partial charge in [-0.25, -0.2) is 0 Å². The minimum atomic E-state index is -0.322. The van der Waals surface area contributed by atoms with Crippen LogP contribution in [0.3, 0.4) is 0 Å². The lowest BCUT2D eigenvalue weighted by Crippen LogP contribution is -2.40. The summed E-state index contributed by atoms with van der Waals surface area (Å²) in [5.74, 6) is 0.143. The Morgan fingerprint density at radius 2 is 1.93 bits per heavy atom. The van der Waals surface area contributed by atoms with Gasteiger partial charge in [0.25, 0.3) is 11.8 Å². The maximum absolute atomic E-state index is 13.4. The van der Waals surface area contributed by atoms with Crippen LogP contribution in [0.4, 0.5) is 0 Å². The van der Waals surface area contributed by atoms with Gasteiger partial charge in [0.15, 0.2) is 0 Å². The predicted octanol–water partition coefficient (Wildman–Crippen LogP) is 2.07. The highest BCUT2D eigenvalue weighted by Gasteiger charge is 2.42. The largest absolute Gasteiger partial charge is 0.497 e. The number of aromatic nitrogens is 1. The number of pyridine rings is 1. The molecular formula is C23H25N3O4. The van der Waals surface area contributed by atoms with E-state index in [0.29, 0.717) is 41.4 Å². The van der Waals surface area contributed by atoms with E-state index in [1.165, 1.54) is 4.90 Å². The number of piperidine rings is 1. The van der Waals surface area contributed by atoms with Gasteiger partial charge in [0.2, 0.25) is 0 Å². The first-order chi connectivity index (χ1) is 14.6. The highest BCUT2D eigenvalue weighted by Crippen LogP contribution is 2.35. The number of likely N-dealkylation sites (tertiary alicyclic amines) is 1. The normalized spacial score (nSPS) is 19.6. The molecule has 2 aromatic rings. The van der Waals surface area contributed by atoms with Crippen molar-refractivity contribution in [1.29, 1.82) is 0 Å². The summed E-state index contributed by atoms with van der Waals surface area (Å²) < 4.78 is 5.23. The number of amides is 2. The molecule has 1 atom stereocenters. The van der Waals surface area contributed by atoms with Gasteiger partial charge in [-0.2, -0.15) is 0 Å². The van der Waals surface area contributed by atoms with Crippen LogP contribution >= 0.6 is 0 Å². The fourth-order valence-corrected chi connectivity index (χ4v) is 4.09. The quantitative estimate of drug-likeness (QED) is 0.739. The van der Waals surface area contributed by atoms with Gasteiger partial charge in [-0.15, -0.1) is 0 Å². The second kappa shape index (κ2) is 8.67. The van der Waals surface area contributed by atoms with Crippen molar-refractivity contribution in [2.75, 3.05) is 26.8 Å². The number of aliphatic hydroxyl groups excluding tert-OH is 1. The number of rotatable bonds is 6. The summed E-state index contributed by atoms with van der Waals surface area (Å²) in [4.78, 5) is 34.3. The standard InChI is InChI=1S/C23H25N3O4/c1-30-19-9-7-17(8-10-19)20-21(25-12-4-5-16(13-25)15-27)23(29)26(22(20)28)14-18-6-2-3-11-24-18/h2-3,6-11,16,27H,4-5,12-15H2,1H3. The van der Waals surface area contributed by atoms with Crippen molar-refractivity contribution in [3.05, 3.63) is 65.6 Å². The lowest BCUT2D eigenvalue weighted by molar-refractivity contribution is -0.138. The van der Waals surface area contributed by atoms with E-state index in [0.717, 1.165) is 12.8 Å². The first-order valence-electron chi connectivity index (χ1n) is 10.1. The average Bonchev–Trinajstić information content (AvgIpc) is 3.04. The van der Waals surface area contributed by atoms with Crippen LogP contribution in [0.5, 0.6) is 5.75 Å². The third-order valence-electron chi connectivity index (χ3n) is 5.66. The van der Waals surface area contributed by atoms with E-state index in [9.17, 15) is 14.7 Å². The molecule has 0 bridgehead atoms. The minimum Gasteiger partial charge on any atom is -0.497 e. The Morgan fingerprint density at radius 3 is 2.60 bits per heavy atom. The van der Waals surface area contributed by atoms with Crippen molar-refractivity contribution in [3.63, 3.8) is 0 Å². The monoisotopic (exact) mass is 407 g/mol. The van der Waals surface area contributed by atoms with Crippen LogP contribution in [-0.2, 0) is 16.1 Å². The van der Waals surface area contributed by atoms with Crippen molar-refractivity contribution in [1.82, 2.24) is 14.8 Å². The highest BCUT2D eigenvalue weighted by atomic mass is 16.5. The number of aliphatic hydroxyl groups is 1. The zero-order valence-corrected chi connectivity index (χ0v) is 17.0. The molecular weight excluding hydrogens is 382 g/mol. The van der Waals surface area contributed by atoms with E-state index in [4.69, 9.17) is 4.74 Å². The smallest absolute Gasteiger partial charge is 0.278 e. The van der Waals surface area contributed by atoms with E-state index >= 15 is 0 Å². The number of carbonyl (C=O) groups is 2. The zero-order valence-electron chi connectivity index (χ0n) is 17.0. The molecule has 1 unspecified atom stereocenters. The molecule has 7 nitrogen and oxygen atoms in total. The van der Waals surface area contributed by atoms with Gasteiger partial charge < -0.3 is 14.7 Å². The molecule has 0 saturated carbocycles. The number of carbonyl (C=O) groups excluding carboxylic acids is 2. The topological polar surface area (TPSA) is 83.0 Å². The third kappa shape index (κ3) is 3.80. The molecule has 0 aliphatic carbocycles. The van der Waals surface area contributed by atoms with Gasteiger partial charge in [0.1, 0.15) is 11.4 Å². The maximum atomic E-state index is 13.4. The lowest BCUT2D eigenvalue weighted by Gasteiger charge is -2.34. The molecule has 1 fully saturated rings. The van der Waals surface area contributed by atoms with Crippen LogP contribution in [0.25, 0.3) is 5.57 Å². The van der Waals surface area contributed by atoms with E-state index in [-0.39, 0.29) is 30.9 Å². The van der Waals surface area contributed by atoms with Gasteiger partial charge in [0, 0.05) is 25.9 Å². The van der Waals surface area contributed by atoms with Gasteiger partial charge >= 0.3 is 0 Å². The second-order valence-electron chi connectivity index (χ2n) is 7.61. The molecule has 4 rings (SSSR count). The van der Waals surface area contributed by atoms with Crippen molar-refractivity contribution >= 4 is 17.4 Å². The third-order valence-corrected chi connectivity index (χ3v) is 5.66. The molecule has 3 heterocycles. The summed E-state index contributed by atoms with van der Waals surface area (Å²) in [6.07, 6.45) is 3.43. The summed E-state index contributed by atoms with van der Waals surface area (Å²) in [6, 6.07) is 12.6. The molecule has 1 aromatic heterocycles. The van der Waals surface area contributed by atoms with Gasteiger partial charge in [-0.1, -0.05) is 18.2 Å². The Labute approximate surface area is 175 Å². The number of methoxy groups -OCH3 is 1. The van der Waals surface area contributed by atoms with Crippen LogP contribution in [0, 0.1) is 5.92 Å². The summed E-state index contributed by atoms with van der Waals surface area (Å²) in [7, 11) is 1.58. The number of hydrogen-bond acceptors (Lipinski definition) is 6. The molecule has 0 spiro atoms. The van der Waals surface area contributed by atoms with Gasteiger partial charge in [-0.05, 0) is 48.6 Å². The highest BCUT2D eigenvalue weighted by molar-refractivity contribution is 6.35. The Balaban J connectivity index is 1.73. The molecule has 1 saturated heterocycles. The van der Waals surface area contributed by atoms with E-state index in [2.05, 4.69) is 4.98 Å². The Morgan fingerprint density at radius 1 is 1.13 bits per heavy atom. The molecule has 30 heavy (non-hydrogen) atoms. The van der Waals surface area contributed by atoms with Crippen LogP contribution < -0.4 is 4.74 Å². The minimum absolute atomic E-state index is 0.0709. The summed E-state index contributed by atoms with van der Waals surface area (Å²) in [5.41, 5.74) is 2.15. The van der Waals surface area contributed by atoms with Crippen LogP contribution in [0.2, 0.25) is 0 Å². The fraction of sp³-hybridized carbons (Fsp3) is 0.348.